The van der Waals surface area contributed by atoms with Crippen LogP contribution >= 0.6 is 0 Å². The van der Waals surface area contributed by atoms with Crippen LogP contribution in [0.2, 0.25) is 0 Å². The van der Waals surface area contributed by atoms with Gasteiger partial charge in [0.25, 0.3) is 0 Å². The van der Waals surface area contributed by atoms with Gasteiger partial charge in [-0.15, -0.1) is 0 Å². The number of nitrogens with one attached hydrogen (secondary N) is 1. The summed E-state index contributed by atoms with van der Waals surface area (Å²) < 4.78 is 4.92. The zero-order valence-electron chi connectivity index (χ0n) is 9.92. The largest absolute Gasteiger partial charge is 0.385 e. The van der Waals surface area contributed by atoms with E-state index in [0.29, 0.717) is 18.9 Å². The van der Waals surface area contributed by atoms with Gasteiger partial charge in [0.05, 0.1) is 0 Å². The lowest BCUT2D eigenvalue weighted by atomic mass is 10.1. The third kappa shape index (κ3) is 9.69. The maximum atomic E-state index is 11.3. The first-order valence-corrected chi connectivity index (χ1v) is 5.66. The van der Waals surface area contributed by atoms with Gasteiger partial charge in [-0.2, -0.15) is 0 Å². The molecular formula is C11H24N2O2. The molecule has 0 saturated heterocycles. The van der Waals surface area contributed by atoms with E-state index in [-0.39, 0.29) is 5.91 Å². The molecule has 0 spiro atoms. The number of amides is 1. The Morgan fingerprint density at radius 1 is 1.47 bits per heavy atom. The van der Waals surface area contributed by atoms with E-state index in [2.05, 4.69) is 12.2 Å². The maximum Gasteiger partial charge on any atom is 0.220 e. The van der Waals surface area contributed by atoms with E-state index in [1.165, 1.54) is 0 Å². The van der Waals surface area contributed by atoms with Crippen molar-refractivity contribution in [2.24, 2.45) is 11.7 Å². The minimum absolute atomic E-state index is 0.132. The van der Waals surface area contributed by atoms with Crippen molar-refractivity contribution in [1.82, 2.24) is 5.32 Å². The summed E-state index contributed by atoms with van der Waals surface area (Å²) in [4.78, 5) is 11.3. The molecule has 0 saturated carbocycles. The van der Waals surface area contributed by atoms with Crippen molar-refractivity contribution in [1.29, 1.82) is 0 Å². The summed E-state index contributed by atoms with van der Waals surface area (Å²) >= 11 is 0. The normalized spacial score (nSPS) is 12.5. The number of ether oxygens (including phenoxy) is 1. The van der Waals surface area contributed by atoms with Crippen molar-refractivity contribution in [3.8, 4) is 0 Å². The van der Waals surface area contributed by atoms with Crippen LogP contribution in [0.15, 0.2) is 0 Å². The van der Waals surface area contributed by atoms with Crippen LogP contribution in [0.4, 0.5) is 0 Å². The van der Waals surface area contributed by atoms with Crippen molar-refractivity contribution >= 4 is 5.91 Å². The fourth-order valence-electron chi connectivity index (χ4n) is 1.18. The van der Waals surface area contributed by atoms with E-state index < -0.39 is 0 Å². The molecule has 1 unspecified atom stereocenters. The third-order valence-electron chi connectivity index (χ3n) is 2.36. The van der Waals surface area contributed by atoms with E-state index >= 15 is 0 Å². The third-order valence-corrected chi connectivity index (χ3v) is 2.36. The summed E-state index contributed by atoms with van der Waals surface area (Å²) in [6, 6.07) is 0. The van der Waals surface area contributed by atoms with Crippen LogP contribution in [-0.4, -0.2) is 32.7 Å². The summed E-state index contributed by atoms with van der Waals surface area (Å²) in [6.45, 7) is 4.23. The van der Waals surface area contributed by atoms with Crippen LogP contribution in [-0.2, 0) is 9.53 Å². The lowest BCUT2D eigenvalue weighted by molar-refractivity contribution is -0.121. The van der Waals surface area contributed by atoms with Gasteiger partial charge < -0.3 is 15.8 Å². The Labute approximate surface area is 92.6 Å². The van der Waals surface area contributed by atoms with Gasteiger partial charge in [0.1, 0.15) is 0 Å². The summed E-state index contributed by atoms with van der Waals surface area (Å²) in [5, 5.41) is 2.89. The average molecular weight is 216 g/mol. The van der Waals surface area contributed by atoms with Gasteiger partial charge >= 0.3 is 0 Å². The summed E-state index contributed by atoms with van der Waals surface area (Å²) in [5.41, 5.74) is 5.47. The highest BCUT2D eigenvalue weighted by molar-refractivity contribution is 5.75. The Morgan fingerprint density at radius 3 is 2.80 bits per heavy atom. The topological polar surface area (TPSA) is 64.3 Å². The van der Waals surface area contributed by atoms with Crippen molar-refractivity contribution in [2.45, 2.75) is 32.6 Å². The molecule has 0 radical (unpaired) electrons. The molecular weight excluding hydrogens is 192 g/mol. The summed E-state index contributed by atoms with van der Waals surface area (Å²) in [6.07, 6.45) is 3.44. The van der Waals surface area contributed by atoms with E-state index in [0.717, 1.165) is 32.4 Å². The highest BCUT2D eigenvalue weighted by Gasteiger charge is 2.04. The molecule has 0 aromatic carbocycles. The molecule has 90 valence electrons. The Balaban J connectivity index is 3.26. The fraction of sp³-hybridized carbons (Fsp3) is 0.909. The molecule has 4 heteroatoms. The molecule has 0 aromatic rings. The first-order valence-electron chi connectivity index (χ1n) is 5.66. The molecule has 0 rings (SSSR count). The van der Waals surface area contributed by atoms with Crippen molar-refractivity contribution in [2.75, 3.05) is 26.8 Å². The lowest BCUT2D eigenvalue weighted by Crippen LogP contribution is -2.25. The number of methoxy groups -OCH3 is 1. The van der Waals surface area contributed by atoms with Crippen LogP contribution in [0.3, 0.4) is 0 Å². The van der Waals surface area contributed by atoms with Crippen LogP contribution in [0.1, 0.15) is 32.6 Å². The molecule has 1 atom stereocenters. The molecule has 15 heavy (non-hydrogen) atoms. The molecule has 0 bridgehead atoms. The van der Waals surface area contributed by atoms with E-state index in [1.54, 1.807) is 7.11 Å². The number of carbonyl (C=O) groups excluding carboxylic acids is 1. The highest BCUT2D eigenvalue weighted by Crippen LogP contribution is 2.02. The molecule has 0 aromatic heterocycles. The highest BCUT2D eigenvalue weighted by atomic mass is 16.5. The first kappa shape index (κ1) is 14.4. The van der Waals surface area contributed by atoms with Gasteiger partial charge in [-0.25, -0.2) is 0 Å². The number of rotatable bonds is 9. The zero-order valence-corrected chi connectivity index (χ0v) is 9.92. The minimum atomic E-state index is 0.132. The van der Waals surface area contributed by atoms with Gasteiger partial charge in [-0.3, -0.25) is 4.79 Å². The van der Waals surface area contributed by atoms with Crippen molar-refractivity contribution in [3.05, 3.63) is 0 Å². The zero-order chi connectivity index (χ0) is 11.5. The predicted octanol–water partition coefficient (Wildman–Crippen LogP) is 0.904. The van der Waals surface area contributed by atoms with Gasteiger partial charge in [-0.05, 0) is 31.7 Å². The predicted molar refractivity (Wildman–Crippen MR) is 61.6 cm³/mol. The van der Waals surface area contributed by atoms with Crippen LogP contribution in [0.25, 0.3) is 0 Å². The van der Waals surface area contributed by atoms with Crippen LogP contribution in [0.5, 0.6) is 0 Å². The second-order valence-electron chi connectivity index (χ2n) is 3.93. The Hall–Kier alpha value is -0.610. The molecule has 3 N–H and O–H groups in total. The van der Waals surface area contributed by atoms with Crippen molar-refractivity contribution in [3.63, 3.8) is 0 Å². The smallest absolute Gasteiger partial charge is 0.220 e. The Kier molecular flexibility index (Phi) is 9.52. The molecule has 4 nitrogen and oxygen atoms in total. The molecule has 0 fully saturated rings. The quantitative estimate of drug-likeness (QED) is 0.563. The van der Waals surface area contributed by atoms with Crippen molar-refractivity contribution < 1.29 is 9.53 Å². The molecule has 0 aliphatic carbocycles. The average Bonchev–Trinajstić information content (AvgIpc) is 2.25. The standard InChI is InChI=1S/C11H24N2O2/c1-10(9-12)5-6-11(14)13-7-3-4-8-15-2/h10H,3-9,12H2,1-2H3,(H,13,14). The Morgan fingerprint density at radius 2 is 2.20 bits per heavy atom. The first-order chi connectivity index (χ1) is 7.20. The molecule has 0 aliphatic rings. The van der Waals surface area contributed by atoms with E-state index in [1.807, 2.05) is 0 Å². The fourth-order valence-corrected chi connectivity index (χ4v) is 1.18. The second kappa shape index (κ2) is 9.93. The number of nitrogens with two attached hydrogens (primary N) is 1. The number of unbranched alkanes of at least 4 members (excludes halogenated alkanes) is 1. The molecule has 0 aliphatic heterocycles. The minimum Gasteiger partial charge on any atom is -0.385 e. The van der Waals surface area contributed by atoms with Gasteiger partial charge in [-0.1, -0.05) is 6.92 Å². The SMILES string of the molecule is COCCCCNC(=O)CCC(C)CN. The lowest BCUT2D eigenvalue weighted by Gasteiger charge is -2.08. The maximum absolute atomic E-state index is 11.3. The van der Waals surface area contributed by atoms with Gasteiger partial charge in [0.2, 0.25) is 5.91 Å². The van der Waals surface area contributed by atoms with E-state index in [4.69, 9.17) is 10.5 Å². The number of hydrogen-bond donors (Lipinski definition) is 2. The van der Waals surface area contributed by atoms with Gasteiger partial charge in [0, 0.05) is 26.7 Å². The van der Waals surface area contributed by atoms with E-state index in [9.17, 15) is 4.79 Å². The number of carbonyl (C=O) groups is 1. The molecule has 1 amide bonds. The monoisotopic (exact) mass is 216 g/mol. The second-order valence-corrected chi connectivity index (χ2v) is 3.93. The number of hydrogen-bond acceptors (Lipinski definition) is 3. The van der Waals surface area contributed by atoms with Crippen LogP contribution < -0.4 is 11.1 Å². The summed E-state index contributed by atoms with van der Waals surface area (Å²) in [7, 11) is 1.69. The Bertz CT molecular complexity index is 163. The van der Waals surface area contributed by atoms with Crippen LogP contribution in [0, 0.1) is 5.92 Å². The van der Waals surface area contributed by atoms with Gasteiger partial charge in [0.15, 0.2) is 0 Å². The molecule has 0 heterocycles. The summed E-state index contributed by atoms with van der Waals surface area (Å²) in [5.74, 6) is 0.567.